The van der Waals surface area contributed by atoms with Gasteiger partial charge in [-0.3, -0.25) is 9.59 Å². The highest BCUT2D eigenvalue weighted by atomic mass is 16.7. The molecule has 0 aromatic rings. The molecule has 5 atom stereocenters. The Bertz CT molecular complexity index is 445. The first-order valence-electron chi connectivity index (χ1n) is 9.30. The summed E-state index contributed by atoms with van der Waals surface area (Å²) in [6.45, 7) is 8.65. The third-order valence-corrected chi connectivity index (χ3v) is 4.52. The van der Waals surface area contributed by atoms with Crippen molar-refractivity contribution in [2.24, 2.45) is 11.8 Å². The Balaban J connectivity index is 2.51. The minimum atomic E-state index is -0.658. The van der Waals surface area contributed by atoms with Gasteiger partial charge in [0.2, 0.25) is 5.91 Å². The molecule has 1 aliphatic rings. The number of hydrogen-bond acceptors (Lipinski definition) is 8. The Morgan fingerprint density at radius 1 is 1.00 bits per heavy atom. The van der Waals surface area contributed by atoms with Gasteiger partial charge in [0.05, 0.1) is 51.8 Å². The van der Waals surface area contributed by atoms with E-state index in [0.717, 1.165) is 0 Å². The van der Waals surface area contributed by atoms with Crippen molar-refractivity contribution in [2.45, 2.75) is 46.1 Å². The molecule has 158 valence electrons. The number of carbonyl (C=O) groups is 2. The van der Waals surface area contributed by atoms with E-state index >= 15 is 0 Å². The molecule has 5 unspecified atom stereocenters. The predicted octanol–water partition coefficient (Wildman–Crippen LogP) is 0.0934. The summed E-state index contributed by atoms with van der Waals surface area (Å²) in [6.07, 6.45) is -0.971. The second kappa shape index (κ2) is 13.0. The van der Waals surface area contributed by atoms with Gasteiger partial charge in [-0.25, -0.2) is 0 Å². The van der Waals surface area contributed by atoms with Crippen LogP contribution in [0.2, 0.25) is 0 Å². The molecular formula is C18H33NO8. The van der Waals surface area contributed by atoms with Crippen molar-refractivity contribution in [3.8, 4) is 0 Å². The number of amides is 1. The van der Waals surface area contributed by atoms with Gasteiger partial charge >= 0.3 is 5.97 Å². The monoisotopic (exact) mass is 391 g/mol. The van der Waals surface area contributed by atoms with Gasteiger partial charge in [0, 0.05) is 13.8 Å². The molecular weight excluding hydrogens is 358 g/mol. The lowest BCUT2D eigenvalue weighted by Crippen LogP contribution is -2.58. The van der Waals surface area contributed by atoms with E-state index in [1.807, 2.05) is 13.8 Å². The molecule has 1 rings (SSSR count). The van der Waals surface area contributed by atoms with E-state index in [-0.39, 0.29) is 62.3 Å². The van der Waals surface area contributed by atoms with Crippen LogP contribution in [0.3, 0.4) is 0 Å². The lowest BCUT2D eigenvalue weighted by molar-refractivity contribution is -0.247. The predicted molar refractivity (Wildman–Crippen MR) is 95.9 cm³/mol. The van der Waals surface area contributed by atoms with Crippen molar-refractivity contribution in [1.82, 2.24) is 5.32 Å². The van der Waals surface area contributed by atoms with Crippen LogP contribution in [-0.4, -0.2) is 81.7 Å². The van der Waals surface area contributed by atoms with Gasteiger partial charge in [0.1, 0.15) is 6.61 Å². The van der Waals surface area contributed by atoms with Crippen LogP contribution < -0.4 is 5.32 Å². The van der Waals surface area contributed by atoms with E-state index in [2.05, 4.69) is 5.32 Å². The molecule has 1 heterocycles. The number of aliphatic hydroxyl groups excluding tert-OH is 1. The van der Waals surface area contributed by atoms with Crippen molar-refractivity contribution in [2.75, 3.05) is 46.2 Å². The molecule has 0 aromatic carbocycles. The number of nitrogens with one attached hydrogen (secondary N) is 1. The van der Waals surface area contributed by atoms with E-state index in [0.29, 0.717) is 19.8 Å². The van der Waals surface area contributed by atoms with E-state index in [9.17, 15) is 9.59 Å². The fourth-order valence-electron chi connectivity index (χ4n) is 2.87. The van der Waals surface area contributed by atoms with Crippen molar-refractivity contribution in [3.05, 3.63) is 0 Å². The number of esters is 1. The lowest BCUT2D eigenvalue weighted by atomic mass is 9.82. The van der Waals surface area contributed by atoms with Crippen molar-refractivity contribution in [1.29, 1.82) is 0 Å². The lowest BCUT2D eigenvalue weighted by Gasteiger charge is -2.44. The summed E-state index contributed by atoms with van der Waals surface area (Å²) in [7, 11) is 0. The highest BCUT2D eigenvalue weighted by Gasteiger charge is 2.42. The third-order valence-electron chi connectivity index (χ3n) is 4.52. The number of ether oxygens (including phenoxy) is 5. The molecule has 0 saturated carbocycles. The Labute approximate surface area is 160 Å². The maximum atomic E-state index is 11.6. The van der Waals surface area contributed by atoms with Crippen molar-refractivity contribution >= 4 is 11.9 Å². The second-order valence-electron chi connectivity index (χ2n) is 6.61. The van der Waals surface area contributed by atoms with Crippen molar-refractivity contribution < 1.29 is 38.4 Å². The second-order valence-corrected chi connectivity index (χ2v) is 6.61. The molecule has 1 saturated heterocycles. The Hall–Kier alpha value is -1.26. The van der Waals surface area contributed by atoms with Crippen LogP contribution in [0, 0.1) is 11.8 Å². The van der Waals surface area contributed by atoms with E-state index in [1.165, 1.54) is 13.8 Å². The van der Waals surface area contributed by atoms with Gasteiger partial charge in [0.25, 0.3) is 0 Å². The van der Waals surface area contributed by atoms with E-state index < -0.39 is 6.29 Å². The van der Waals surface area contributed by atoms with Gasteiger partial charge in [-0.1, -0.05) is 13.8 Å². The van der Waals surface area contributed by atoms with Crippen LogP contribution in [-0.2, 0) is 33.3 Å². The molecule has 27 heavy (non-hydrogen) atoms. The summed E-state index contributed by atoms with van der Waals surface area (Å²) in [5.41, 5.74) is 0. The summed E-state index contributed by atoms with van der Waals surface area (Å²) in [5, 5.41) is 11.5. The number of aliphatic hydroxyl groups is 1. The minimum Gasteiger partial charge on any atom is -0.463 e. The fraction of sp³-hybridized carbons (Fsp3) is 0.889. The SMILES string of the molecule is CC(=O)NC1C(OCCOCCOCCO)OC(COC(C)=O)C(C)C1C. The molecule has 2 N–H and O–H groups in total. The number of rotatable bonds is 12. The Kier molecular flexibility index (Phi) is 11.5. The van der Waals surface area contributed by atoms with Crippen LogP contribution >= 0.6 is 0 Å². The van der Waals surface area contributed by atoms with Crippen LogP contribution in [0.25, 0.3) is 0 Å². The number of carbonyl (C=O) groups excluding carboxylic acids is 2. The first-order chi connectivity index (χ1) is 12.9. The maximum Gasteiger partial charge on any atom is 0.302 e. The average Bonchev–Trinajstić information content (AvgIpc) is 2.61. The highest BCUT2D eigenvalue weighted by molar-refractivity contribution is 5.73. The summed E-state index contributed by atoms with van der Waals surface area (Å²) in [6, 6.07) is -0.307. The van der Waals surface area contributed by atoms with Crippen LogP contribution in [0.15, 0.2) is 0 Å². The summed E-state index contributed by atoms with van der Waals surface area (Å²) < 4.78 is 27.4. The summed E-state index contributed by atoms with van der Waals surface area (Å²) in [5.74, 6) is -0.384. The average molecular weight is 391 g/mol. The van der Waals surface area contributed by atoms with Crippen LogP contribution in [0.5, 0.6) is 0 Å². The normalized spacial score (nSPS) is 28.0. The van der Waals surface area contributed by atoms with Gasteiger partial charge in [0.15, 0.2) is 6.29 Å². The fourth-order valence-corrected chi connectivity index (χ4v) is 2.87. The van der Waals surface area contributed by atoms with E-state index in [1.54, 1.807) is 0 Å². The van der Waals surface area contributed by atoms with Gasteiger partial charge in [-0.05, 0) is 11.8 Å². The summed E-state index contributed by atoms with van der Waals surface area (Å²) >= 11 is 0. The first kappa shape index (κ1) is 23.8. The first-order valence-corrected chi connectivity index (χ1v) is 9.30. The quantitative estimate of drug-likeness (QED) is 0.356. The largest absolute Gasteiger partial charge is 0.463 e. The molecule has 1 aliphatic heterocycles. The van der Waals surface area contributed by atoms with Gasteiger partial charge < -0.3 is 34.1 Å². The minimum absolute atomic E-state index is 0.0161. The highest BCUT2D eigenvalue weighted by Crippen LogP contribution is 2.31. The van der Waals surface area contributed by atoms with Gasteiger partial charge in [-0.2, -0.15) is 0 Å². The maximum absolute atomic E-state index is 11.6. The Morgan fingerprint density at radius 2 is 1.63 bits per heavy atom. The standard InChI is InChI=1S/C18H33NO8/c1-12-13(2)17(19-14(3)21)18(27-16(12)11-26-15(4)22)25-10-9-24-8-7-23-6-5-20/h12-13,16-18,20H,5-11H2,1-4H3,(H,19,21). The van der Waals surface area contributed by atoms with Crippen LogP contribution in [0.4, 0.5) is 0 Å². The molecule has 1 fully saturated rings. The van der Waals surface area contributed by atoms with E-state index in [4.69, 9.17) is 28.8 Å². The molecule has 9 heteroatoms. The van der Waals surface area contributed by atoms with Crippen LogP contribution in [0.1, 0.15) is 27.7 Å². The molecule has 9 nitrogen and oxygen atoms in total. The van der Waals surface area contributed by atoms with Gasteiger partial charge in [-0.15, -0.1) is 0 Å². The molecule has 1 amide bonds. The summed E-state index contributed by atoms with van der Waals surface area (Å²) in [4.78, 5) is 22.7. The zero-order chi connectivity index (χ0) is 20.2. The Morgan fingerprint density at radius 3 is 2.22 bits per heavy atom. The topological polar surface area (TPSA) is 113 Å². The zero-order valence-electron chi connectivity index (χ0n) is 16.6. The molecule has 0 spiro atoms. The smallest absolute Gasteiger partial charge is 0.302 e. The van der Waals surface area contributed by atoms with Crippen molar-refractivity contribution in [3.63, 3.8) is 0 Å². The molecule has 0 aliphatic carbocycles. The third kappa shape index (κ3) is 8.98. The molecule has 0 radical (unpaired) electrons. The zero-order valence-corrected chi connectivity index (χ0v) is 16.6. The number of hydrogen-bond donors (Lipinski definition) is 2. The molecule has 0 bridgehead atoms. The molecule has 0 aromatic heterocycles.